The van der Waals surface area contributed by atoms with Crippen LogP contribution in [0, 0.1) is 24.5 Å². The van der Waals surface area contributed by atoms with E-state index in [9.17, 15) is 18.4 Å². The van der Waals surface area contributed by atoms with Gasteiger partial charge in [0, 0.05) is 31.9 Å². The molecule has 0 aliphatic heterocycles. The fourth-order valence-corrected chi connectivity index (χ4v) is 4.26. The molecule has 1 aliphatic rings. The minimum atomic E-state index is -0.882. The van der Waals surface area contributed by atoms with E-state index in [0.29, 0.717) is 17.7 Å². The molecule has 12 heteroatoms. The zero-order chi connectivity index (χ0) is 28.6. The van der Waals surface area contributed by atoms with E-state index < -0.39 is 23.2 Å². The number of aryl methyl sites for hydroxylation is 1. The van der Waals surface area contributed by atoms with Crippen molar-refractivity contribution in [1.82, 2.24) is 14.9 Å². The summed E-state index contributed by atoms with van der Waals surface area (Å²) in [6.07, 6.45) is 6.00. The number of aliphatic imine (C=N–C) groups is 1. The SMILES string of the molecule is Cc1cc(F)c(NC(=O)Nc2ncc(-c3ccc(CN(CCCN=C(N)N)CCC4CC4)cc3)c(=O)[nH]2)cc1F. The number of hydrogen-bond acceptors (Lipinski definition) is 5. The molecule has 0 unspecified atom stereocenters. The van der Waals surface area contributed by atoms with E-state index in [1.54, 1.807) is 0 Å². The lowest BCUT2D eigenvalue weighted by molar-refractivity contribution is 0.255. The molecule has 1 aliphatic carbocycles. The number of anilines is 2. The Balaban J connectivity index is 1.36. The third-order valence-electron chi connectivity index (χ3n) is 6.68. The number of hydrogen-bond donors (Lipinski definition) is 5. The van der Waals surface area contributed by atoms with Gasteiger partial charge < -0.3 is 16.8 Å². The number of rotatable bonds is 12. The number of amides is 2. The second-order valence-electron chi connectivity index (χ2n) is 10.0. The minimum absolute atomic E-state index is 0.103. The highest BCUT2D eigenvalue weighted by Gasteiger charge is 2.22. The molecule has 1 heterocycles. The monoisotopic (exact) mass is 552 g/mol. The zero-order valence-electron chi connectivity index (χ0n) is 22.3. The first-order valence-corrected chi connectivity index (χ1v) is 13.2. The van der Waals surface area contributed by atoms with Crippen molar-refractivity contribution in [2.24, 2.45) is 22.4 Å². The molecular weight excluding hydrogens is 518 g/mol. The summed E-state index contributed by atoms with van der Waals surface area (Å²) in [5.74, 6) is -0.648. The average Bonchev–Trinajstić information content (AvgIpc) is 3.73. The number of benzene rings is 2. The zero-order valence-corrected chi connectivity index (χ0v) is 22.3. The van der Waals surface area contributed by atoms with Crippen molar-refractivity contribution in [3.8, 4) is 11.1 Å². The lowest BCUT2D eigenvalue weighted by atomic mass is 10.1. The summed E-state index contributed by atoms with van der Waals surface area (Å²) in [6.45, 7) is 4.65. The van der Waals surface area contributed by atoms with Gasteiger partial charge in [-0.3, -0.25) is 25.0 Å². The van der Waals surface area contributed by atoms with Crippen molar-refractivity contribution in [2.45, 2.75) is 39.2 Å². The average molecular weight is 553 g/mol. The topological polar surface area (TPSA) is 155 Å². The summed E-state index contributed by atoms with van der Waals surface area (Å²) in [5.41, 5.74) is 12.3. The number of aromatic amines is 1. The van der Waals surface area contributed by atoms with Gasteiger partial charge in [-0.15, -0.1) is 0 Å². The molecule has 2 aromatic carbocycles. The quantitative estimate of drug-likeness (QED) is 0.130. The van der Waals surface area contributed by atoms with E-state index >= 15 is 0 Å². The number of urea groups is 1. The van der Waals surface area contributed by atoms with Crippen LogP contribution in [0.25, 0.3) is 11.1 Å². The van der Waals surface area contributed by atoms with Gasteiger partial charge in [-0.2, -0.15) is 0 Å². The molecule has 2 amide bonds. The molecule has 0 bridgehead atoms. The smallest absolute Gasteiger partial charge is 0.326 e. The number of H-pyrrole nitrogens is 1. The van der Waals surface area contributed by atoms with Crippen LogP contribution < -0.4 is 27.7 Å². The van der Waals surface area contributed by atoms with Crippen molar-refractivity contribution in [1.29, 1.82) is 0 Å². The summed E-state index contributed by atoms with van der Waals surface area (Å²) in [7, 11) is 0. The number of nitrogens with zero attached hydrogens (tertiary/aromatic N) is 3. The maximum absolute atomic E-state index is 14.0. The van der Waals surface area contributed by atoms with Crippen molar-refractivity contribution < 1.29 is 13.6 Å². The Kier molecular flexibility index (Phi) is 9.43. The van der Waals surface area contributed by atoms with Crippen LogP contribution in [0.3, 0.4) is 0 Å². The van der Waals surface area contributed by atoms with Crippen LogP contribution in [0.5, 0.6) is 0 Å². The van der Waals surface area contributed by atoms with E-state index in [4.69, 9.17) is 11.5 Å². The number of nitrogens with two attached hydrogens (primary N) is 2. The first-order chi connectivity index (χ1) is 19.2. The Bertz CT molecular complexity index is 1420. The van der Waals surface area contributed by atoms with E-state index in [2.05, 4.69) is 30.5 Å². The minimum Gasteiger partial charge on any atom is -0.370 e. The van der Waals surface area contributed by atoms with Crippen molar-refractivity contribution in [2.75, 3.05) is 30.3 Å². The number of guanidine groups is 1. The lowest BCUT2D eigenvalue weighted by Crippen LogP contribution is -2.27. The summed E-state index contributed by atoms with van der Waals surface area (Å²) >= 11 is 0. The number of carbonyl (C=O) groups excluding carboxylic acids is 1. The lowest BCUT2D eigenvalue weighted by Gasteiger charge is -2.22. The van der Waals surface area contributed by atoms with Gasteiger partial charge in [0.25, 0.3) is 5.56 Å². The highest BCUT2D eigenvalue weighted by Crippen LogP contribution is 2.32. The highest BCUT2D eigenvalue weighted by molar-refractivity contribution is 5.98. The van der Waals surface area contributed by atoms with E-state index in [-0.39, 0.29) is 23.2 Å². The first kappa shape index (κ1) is 28.7. The summed E-state index contributed by atoms with van der Waals surface area (Å²) in [4.78, 5) is 38.0. The van der Waals surface area contributed by atoms with Crippen LogP contribution in [0.4, 0.5) is 25.2 Å². The molecule has 3 aromatic rings. The van der Waals surface area contributed by atoms with Gasteiger partial charge in [-0.05, 0) is 55.0 Å². The predicted octanol–water partition coefficient (Wildman–Crippen LogP) is 3.93. The Morgan fingerprint density at radius 3 is 2.55 bits per heavy atom. The number of nitrogens with one attached hydrogen (secondary N) is 3. The van der Waals surface area contributed by atoms with Crippen LogP contribution in [0.2, 0.25) is 0 Å². The van der Waals surface area contributed by atoms with Crippen LogP contribution in [0.15, 0.2) is 52.4 Å². The summed E-state index contributed by atoms with van der Waals surface area (Å²) in [6, 6.07) is 8.64. The van der Waals surface area contributed by atoms with Gasteiger partial charge in [0.05, 0.1) is 11.3 Å². The Morgan fingerprint density at radius 2 is 1.88 bits per heavy atom. The largest absolute Gasteiger partial charge is 0.370 e. The highest BCUT2D eigenvalue weighted by atomic mass is 19.1. The third kappa shape index (κ3) is 8.34. The molecule has 7 N–H and O–H groups in total. The van der Waals surface area contributed by atoms with Crippen molar-refractivity contribution in [3.63, 3.8) is 0 Å². The Hall–Kier alpha value is -4.32. The Labute approximate surface area is 230 Å². The number of aromatic nitrogens is 2. The summed E-state index contributed by atoms with van der Waals surface area (Å²) in [5, 5.41) is 4.53. The first-order valence-electron chi connectivity index (χ1n) is 13.2. The van der Waals surface area contributed by atoms with E-state index in [0.717, 1.165) is 49.7 Å². The van der Waals surface area contributed by atoms with Crippen molar-refractivity contribution in [3.05, 3.63) is 75.7 Å². The van der Waals surface area contributed by atoms with E-state index in [1.807, 2.05) is 24.3 Å². The van der Waals surface area contributed by atoms with Crippen molar-refractivity contribution >= 4 is 23.6 Å². The molecule has 4 rings (SSSR count). The molecule has 40 heavy (non-hydrogen) atoms. The molecule has 0 atom stereocenters. The molecular formula is C28H34F2N8O2. The van der Waals surface area contributed by atoms with Gasteiger partial charge in [-0.1, -0.05) is 37.1 Å². The molecule has 212 valence electrons. The molecule has 1 aromatic heterocycles. The van der Waals surface area contributed by atoms with Gasteiger partial charge in [-0.25, -0.2) is 18.6 Å². The Morgan fingerprint density at radius 1 is 1.12 bits per heavy atom. The second kappa shape index (κ2) is 13.2. The second-order valence-corrected chi connectivity index (χ2v) is 10.0. The molecule has 10 nitrogen and oxygen atoms in total. The molecule has 0 radical (unpaired) electrons. The van der Waals surface area contributed by atoms with Gasteiger partial charge in [0.15, 0.2) is 5.96 Å². The van der Waals surface area contributed by atoms with Gasteiger partial charge in [0.2, 0.25) is 5.95 Å². The van der Waals surface area contributed by atoms with Gasteiger partial charge in [0.1, 0.15) is 11.6 Å². The van der Waals surface area contributed by atoms with Crippen LogP contribution in [-0.4, -0.2) is 46.5 Å². The van der Waals surface area contributed by atoms with Gasteiger partial charge >= 0.3 is 6.03 Å². The van der Waals surface area contributed by atoms with E-state index in [1.165, 1.54) is 32.4 Å². The third-order valence-corrected chi connectivity index (χ3v) is 6.68. The number of carbonyl (C=O) groups is 1. The van der Waals surface area contributed by atoms with Crippen LogP contribution >= 0.6 is 0 Å². The summed E-state index contributed by atoms with van der Waals surface area (Å²) < 4.78 is 27.7. The predicted molar refractivity (Wildman–Crippen MR) is 152 cm³/mol. The standard InChI is InChI=1S/C28H34F2N8O2/c1-17-13-23(30)24(14-22(17)29)35-28(40)37-27-34-15-21(25(39)36-27)20-7-5-19(6-8-20)16-38(12-9-18-3-4-18)11-2-10-33-26(31)32/h5-8,13-15,18H,2-4,9-12,16H2,1H3,(H4,31,32,33)(H3,34,35,36,37,39,40). The molecule has 1 fully saturated rings. The normalized spacial score (nSPS) is 12.8. The number of halogens is 2. The fourth-order valence-electron chi connectivity index (χ4n) is 4.26. The van der Waals surface area contributed by atoms with Crippen LogP contribution in [-0.2, 0) is 6.54 Å². The molecule has 0 saturated heterocycles. The van der Waals surface area contributed by atoms with Crippen LogP contribution in [0.1, 0.15) is 36.8 Å². The maximum atomic E-state index is 14.0. The maximum Gasteiger partial charge on any atom is 0.326 e. The fraction of sp³-hybridized carbons (Fsp3) is 0.357. The molecule has 0 spiro atoms. The molecule has 1 saturated carbocycles.